The van der Waals surface area contributed by atoms with E-state index in [0.717, 1.165) is 76.1 Å². The Balaban J connectivity index is 1.04. The molecule has 2 unspecified atom stereocenters. The molecule has 3 aromatic rings. The van der Waals surface area contributed by atoms with E-state index in [1.165, 1.54) is 28.8 Å². The Morgan fingerprint density at radius 2 is 1.70 bits per heavy atom. The smallest absolute Gasteiger partial charge is 0.406 e. The van der Waals surface area contributed by atoms with Crippen molar-refractivity contribution >= 4 is 34.4 Å². The standard InChI is InChI=1S/C61H89F3N10O7/c1-38-30-71(43-14-11-15-43)33-45-16-12-21-72(45)54(39(38)2)57(75)66-53-56(70-20-9-8-10-24-79-37-70)51-34-69(23-25-80-51)44-18-19-50-46(27-44)48(28-60(4,5)36-81-59(77)49-17-13-22-74(67-49)58(53)76)55(73(50)35-61(62,63)64)47-26-41(42-31-68(6)32-42)29-65-52(47)40(3)78-7/h18-19,26-27,29,38-40,42-43,45,49,51,53-54,56,67H,8-17,20-25,28,30-37H2,1-7H3,(H,66,75)/t38?,39?,40-,45-,49-,51+,53-,54-,56+/m0/s1. The molecule has 0 radical (unpaired) electrons. The number of aromatic nitrogens is 2. The summed E-state index contributed by atoms with van der Waals surface area (Å²) in [6.07, 6.45) is 5.62. The number of hydrazine groups is 1. The maximum absolute atomic E-state index is 15.9. The zero-order valence-electron chi connectivity index (χ0n) is 49.0. The molecule has 81 heavy (non-hydrogen) atoms. The van der Waals surface area contributed by atoms with E-state index >= 15 is 22.8 Å². The van der Waals surface area contributed by atoms with Gasteiger partial charge in [-0.3, -0.25) is 39.1 Å². The second-order valence-electron chi connectivity index (χ2n) is 26.1. The van der Waals surface area contributed by atoms with Crippen LogP contribution in [0.1, 0.15) is 128 Å². The van der Waals surface area contributed by atoms with Crippen molar-refractivity contribution in [3.8, 4) is 11.3 Å². The van der Waals surface area contributed by atoms with Crippen molar-refractivity contribution < 1.29 is 46.5 Å². The van der Waals surface area contributed by atoms with Crippen LogP contribution in [0.15, 0.2) is 30.5 Å². The molecular weight excluding hydrogens is 1040 g/mol. The summed E-state index contributed by atoms with van der Waals surface area (Å²) in [5.74, 6) is -0.709. The zero-order valence-corrected chi connectivity index (χ0v) is 49.0. The Hall–Kier alpha value is -4.41. The number of likely N-dealkylation sites (tertiary alicyclic amines) is 1. The highest BCUT2D eigenvalue weighted by Crippen LogP contribution is 2.45. The van der Waals surface area contributed by atoms with Crippen LogP contribution in [0.25, 0.3) is 22.2 Å². The normalized spacial score (nSPS) is 30.7. The Bertz CT molecular complexity index is 2730. The van der Waals surface area contributed by atoms with Crippen LogP contribution in [0.3, 0.4) is 0 Å². The molecule has 0 spiro atoms. The van der Waals surface area contributed by atoms with E-state index in [4.69, 9.17) is 23.9 Å². The van der Waals surface area contributed by atoms with Gasteiger partial charge in [-0.05, 0) is 132 Å². The van der Waals surface area contributed by atoms with Gasteiger partial charge in [0.1, 0.15) is 18.6 Å². The van der Waals surface area contributed by atoms with Gasteiger partial charge >= 0.3 is 12.1 Å². The topological polar surface area (TPSA) is 149 Å². The number of esters is 1. The number of fused-ring (bicyclic) bond motifs is 7. The van der Waals surface area contributed by atoms with Gasteiger partial charge in [-0.1, -0.05) is 34.1 Å². The van der Waals surface area contributed by atoms with E-state index < -0.39 is 60.5 Å². The molecular formula is C61H89F3N10O7. The second-order valence-corrected chi connectivity index (χ2v) is 26.1. The average molecular weight is 1130 g/mol. The van der Waals surface area contributed by atoms with Gasteiger partial charge in [0, 0.05) is 118 Å². The molecule has 8 aliphatic rings. The summed E-state index contributed by atoms with van der Waals surface area (Å²) in [5, 5.41) is 5.67. The summed E-state index contributed by atoms with van der Waals surface area (Å²) >= 11 is 0. The summed E-state index contributed by atoms with van der Waals surface area (Å²) in [5.41, 5.74) is 6.89. The van der Waals surface area contributed by atoms with Crippen molar-refractivity contribution in [2.24, 2.45) is 17.3 Å². The fourth-order valence-electron chi connectivity index (χ4n) is 14.7. The number of morpholine rings is 1. The van der Waals surface area contributed by atoms with Crippen LogP contribution in [0.5, 0.6) is 0 Å². The van der Waals surface area contributed by atoms with Gasteiger partial charge in [-0.25, -0.2) is 5.43 Å². The third-order valence-electron chi connectivity index (χ3n) is 19.6. The van der Waals surface area contributed by atoms with Crippen molar-refractivity contribution in [1.29, 1.82) is 0 Å². The SMILES string of the molecule is CO[C@@H](C)c1ncc(C2CN(C)C2)cc1-c1c2c3cc(ccc3n1CC(F)(F)F)N1CCO[C@H](C1)[C@@H](N1CCCCCOC1)[C@H](NC(=O)[C@@H]1C(C)C(C)CN(C3CCC3)C[C@@H]3CCCN31)C(=O)N1CCC[C@H](N1)C(=O)OCC(C)(C)C2. The lowest BCUT2D eigenvalue weighted by Gasteiger charge is -2.49. The largest absolute Gasteiger partial charge is 0.464 e. The highest BCUT2D eigenvalue weighted by atomic mass is 19.4. The van der Waals surface area contributed by atoms with Crippen molar-refractivity contribution in [3.63, 3.8) is 0 Å². The van der Waals surface area contributed by atoms with Crippen LogP contribution in [0, 0.1) is 17.3 Å². The molecule has 2 N–H and O–H groups in total. The number of likely N-dealkylation sites (N-methyl/N-ethyl adjacent to an activating group) is 1. The number of benzene rings is 1. The molecule has 20 heteroatoms. The van der Waals surface area contributed by atoms with Gasteiger partial charge in [0.05, 0.1) is 55.6 Å². The molecule has 9 atom stereocenters. The summed E-state index contributed by atoms with van der Waals surface area (Å²) in [6.45, 7) is 16.0. The lowest BCUT2D eigenvalue weighted by Crippen LogP contribution is -2.70. The number of hydrogen-bond acceptors (Lipinski definition) is 14. The fraction of sp³-hybridized carbons (Fsp3) is 0.738. The second kappa shape index (κ2) is 24.3. The van der Waals surface area contributed by atoms with Crippen LogP contribution in [0.4, 0.5) is 18.9 Å². The van der Waals surface area contributed by atoms with Gasteiger partial charge in [0.2, 0.25) is 5.91 Å². The van der Waals surface area contributed by atoms with Crippen LogP contribution >= 0.6 is 0 Å². The highest BCUT2D eigenvalue weighted by Gasteiger charge is 2.50. The van der Waals surface area contributed by atoms with Crippen LogP contribution in [-0.2, 0) is 46.3 Å². The number of nitrogens with zero attached hydrogens (tertiary/aromatic N) is 8. The Labute approximate surface area is 476 Å². The minimum absolute atomic E-state index is 0.0181. The average Bonchev–Trinajstić information content (AvgIpc) is 4.22. The zero-order chi connectivity index (χ0) is 56.9. The number of anilines is 1. The molecule has 446 valence electrons. The van der Waals surface area contributed by atoms with Crippen molar-refractivity contribution in [1.82, 2.24) is 44.9 Å². The van der Waals surface area contributed by atoms with Gasteiger partial charge in [0.15, 0.2) is 0 Å². The molecule has 1 aliphatic carbocycles. The monoisotopic (exact) mass is 1130 g/mol. The van der Waals surface area contributed by atoms with E-state index in [1.807, 2.05) is 52.2 Å². The first-order chi connectivity index (χ1) is 38.8. The fourth-order valence-corrected chi connectivity index (χ4v) is 14.7. The molecule has 1 saturated carbocycles. The number of halogens is 3. The summed E-state index contributed by atoms with van der Waals surface area (Å²) in [7, 11) is 3.63. The molecule has 9 heterocycles. The number of amides is 2. The number of ether oxygens (including phenoxy) is 4. The van der Waals surface area contributed by atoms with E-state index in [2.05, 4.69) is 49.1 Å². The summed E-state index contributed by atoms with van der Waals surface area (Å²) in [4.78, 5) is 62.9. The van der Waals surface area contributed by atoms with Crippen LogP contribution in [-0.4, -0.2) is 200 Å². The third-order valence-corrected chi connectivity index (χ3v) is 19.6. The first kappa shape index (κ1) is 58.4. The maximum atomic E-state index is 15.9. The molecule has 1 aromatic carbocycles. The van der Waals surface area contributed by atoms with Gasteiger partial charge in [-0.2, -0.15) is 13.2 Å². The lowest BCUT2D eigenvalue weighted by atomic mass is 9.82. The maximum Gasteiger partial charge on any atom is 0.406 e. The molecule has 17 nitrogen and oxygen atoms in total. The summed E-state index contributed by atoms with van der Waals surface area (Å²) in [6, 6.07) is 5.35. The number of cyclic esters (lactones) is 1. The first-order valence-corrected chi connectivity index (χ1v) is 30.5. The molecule has 6 saturated heterocycles. The molecule has 6 bridgehead atoms. The van der Waals surface area contributed by atoms with Gasteiger partial charge < -0.3 is 38.6 Å². The minimum Gasteiger partial charge on any atom is -0.464 e. The minimum atomic E-state index is -4.59. The molecule has 7 fully saturated rings. The van der Waals surface area contributed by atoms with E-state index in [9.17, 15) is 4.79 Å². The predicted octanol–water partition coefficient (Wildman–Crippen LogP) is 7.12. The lowest BCUT2D eigenvalue weighted by molar-refractivity contribution is -0.158. The summed E-state index contributed by atoms with van der Waals surface area (Å²) < 4.78 is 72.7. The quantitative estimate of drug-likeness (QED) is 0.210. The molecule has 2 aromatic heterocycles. The van der Waals surface area contributed by atoms with Crippen LogP contribution in [0.2, 0.25) is 0 Å². The Morgan fingerprint density at radius 1 is 0.914 bits per heavy atom. The van der Waals surface area contributed by atoms with Crippen molar-refractivity contribution in [2.75, 3.05) is 105 Å². The Kier molecular flexibility index (Phi) is 17.5. The van der Waals surface area contributed by atoms with E-state index in [0.29, 0.717) is 85.1 Å². The number of methoxy groups -OCH3 is 1. The number of alkyl halides is 3. The molecule has 11 rings (SSSR count). The van der Waals surface area contributed by atoms with Gasteiger partial charge in [0.25, 0.3) is 5.91 Å². The Morgan fingerprint density at radius 3 is 2.46 bits per heavy atom. The van der Waals surface area contributed by atoms with Crippen LogP contribution < -0.4 is 15.6 Å². The third kappa shape index (κ3) is 12.4. The van der Waals surface area contributed by atoms with Gasteiger partial charge in [-0.15, -0.1) is 0 Å². The number of carbonyl (C=O) groups excluding carboxylic acids is 3. The number of hydrogen-bond donors (Lipinski definition) is 2. The predicted molar refractivity (Wildman–Crippen MR) is 303 cm³/mol. The number of carbonyl (C=O) groups is 3. The van der Waals surface area contributed by atoms with E-state index in [-0.39, 0.29) is 62.0 Å². The molecule has 7 aliphatic heterocycles. The number of rotatable bonds is 9. The molecule has 2 amide bonds. The number of pyridine rings is 1. The highest BCUT2D eigenvalue weighted by molar-refractivity contribution is 5.95. The van der Waals surface area contributed by atoms with Crippen molar-refractivity contribution in [2.45, 2.75) is 172 Å². The van der Waals surface area contributed by atoms with E-state index in [1.54, 1.807) is 13.2 Å². The number of nitrogens with one attached hydrogen (secondary N) is 2. The van der Waals surface area contributed by atoms with Crippen molar-refractivity contribution in [3.05, 3.63) is 47.3 Å². The first-order valence-electron chi connectivity index (χ1n) is 30.5.